The van der Waals surface area contributed by atoms with Crippen LogP contribution in [0.25, 0.3) is 10.9 Å². The number of nitrogens with zero attached hydrogens (tertiary/aromatic N) is 1. The van der Waals surface area contributed by atoms with Gasteiger partial charge < -0.3 is 4.57 Å². The molecule has 0 fully saturated rings. The Balaban J connectivity index is 2.02. The van der Waals surface area contributed by atoms with Crippen LogP contribution in [0.15, 0.2) is 54.7 Å². The molecule has 0 atom stereocenters. The van der Waals surface area contributed by atoms with Gasteiger partial charge in [-0.1, -0.05) is 48.0 Å². The van der Waals surface area contributed by atoms with Crippen LogP contribution in [0.3, 0.4) is 0 Å². The van der Waals surface area contributed by atoms with Gasteiger partial charge in [0.05, 0.1) is 5.52 Å². The van der Waals surface area contributed by atoms with Gasteiger partial charge in [-0.2, -0.15) is 0 Å². The third-order valence-electron chi connectivity index (χ3n) is 3.46. The number of para-hydroxylation sites is 1. The molecule has 3 rings (SSSR count). The topological polar surface area (TPSA) is 4.93 Å². The summed E-state index contributed by atoms with van der Waals surface area (Å²) in [6.45, 7) is 5.24. The first-order valence-electron chi connectivity index (χ1n) is 6.34. The number of aromatic nitrogens is 1. The molecule has 90 valence electrons. The maximum absolute atomic E-state index is 2.33. The van der Waals surface area contributed by atoms with E-state index in [1.54, 1.807) is 0 Å². The van der Waals surface area contributed by atoms with Gasteiger partial charge in [0.25, 0.3) is 0 Å². The zero-order valence-electron chi connectivity index (χ0n) is 10.9. The lowest BCUT2D eigenvalue weighted by atomic mass is 10.1. The molecule has 1 aromatic heterocycles. The highest BCUT2D eigenvalue weighted by atomic mass is 15.0. The lowest BCUT2D eigenvalue weighted by Gasteiger charge is -2.08. The Morgan fingerprint density at radius 2 is 1.67 bits per heavy atom. The van der Waals surface area contributed by atoms with Gasteiger partial charge in [-0.25, -0.2) is 0 Å². The second kappa shape index (κ2) is 4.34. The van der Waals surface area contributed by atoms with Crippen molar-refractivity contribution in [2.45, 2.75) is 20.4 Å². The summed E-state index contributed by atoms with van der Waals surface area (Å²) in [6, 6.07) is 17.4. The molecule has 0 aliphatic rings. The predicted molar refractivity (Wildman–Crippen MR) is 77.0 cm³/mol. The third kappa shape index (κ3) is 1.92. The number of hydrogen-bond acceptors (Lipinski definition) is 0. The van der Waals surface area contributed by atoms with E-state index >= 15 is 0 Å². The van der Waals surface area contributed by atoms with Crippen LogP contribution in [0, 0.1) is 13.8 Å². The van der Waals surface area contributed by atoms with Crippen molar-refractivity contribution in [3.8, 4) is 0 Å². The van der Waals surface area contributed by atoms with E-state index in [9.17, 15) is 0 Å². The van der Waals surface area contributed by atoms with E-state index in [0.717, 1.165) is 6.54 Å². The van der Waals surface area contributed by atoms with Crippen molar-refractivity contribution in [1.29, 1.82) is 0 Å². The predicted octanol–water partition coefficient (Wildman–Crippen LogP) is 4.31. The Bertz CT molecular complexity index is 674. The molecule has 0 aliphatic carbocycles. The normalized spacial score (nSPS) is 11.0. The fourth-order valence-electron chi connectivity index (χ4n) is 2.48. The van der Waals surface area contributed by atoms with E-state index in [2.05, 4.69) is 73.1 Å². The zero-order valence-corrected chi connectivity index (χ0v) is 10.9. The lowest BCUT2D eigenvalue weighted by molar-refractivity contribution is 0.834. The van der Waals surface area contributed by atoms with Gasteiger partial charge in [0.2, 0.25) is 0 Å². The quantitative estimate of drug-likeness (QED) is 0.624. The Kier molecular flexibility index (Phi) is 2.67. The summed E-state index contributed by atoms with van der Waals surface area (Å²) < 4.78 is 2.33. The summed E-state index contributed by atoms with van der Waals surface area (Å²) in [5, 5.41) is 1.32. The highest BCUT2D eigenvalue weighted by Crippen LogP contribution is 2.20. The van der Waals surface area contributed by atoms with Crippen LogP contribution in [0.2, 0.25) is 0 Å². The fourth-order valence-corrected chi connectivity index (χ4v) is 2.48. The van der Waals surface area contributed by atoms with Gasteiger partial charge in [0.15, 0.2) is 0 Å². The molecule has 1 heteroatoms. The molecular weight excluding hydrogens is 218 g/mol. The smallest absolute Gasteiger partial charge is 0.0513 e. The summed E-state index contributed by atoms with van der Waals surface area (Å²) in [4.78, 5) is 0. The molecule has 18 heavy (non-hydrogen) atoms. The standard InChI is InChI=1S/C17H17N/c1-13-6-8-15(9-7-13)12-18-11-10-16-5-3-4-14(2)17(16)18/h3-11H,12H2,1-2H3. The minimum Gasteiger partial charge on any atom is -0.343 e. The van der Waals surface area contributed by atoms with E-state index < -0.39 is 0 Å². The molecule has 3 aromatic rings. The molecule has 0 N–H and O–H groups in total. The van der Waals surface area contributed by atoms with Crippen LogP contribution in [0.4, 0.5) is 0 Å². The molecule has 0 bridgehead atoms. The molecule has 0 unspecified atom stereocenters. The van der Waals surface area contributed by atoms with Crippen LogP contribution in [-0.4, -0.2) is 4.57 Å². The number of hydrogen-bond donors (Lipinski definition) is 0. The first-order chi connectivity index (χ1) is 8.74. The minimum atomic E-state index is 0.939. The molecule has 2 aromatic carbocycles. The Hall–Kier alpha value is -2.02. The first-order valence-corrected chi connectivity index (χ1v) is 6.34. The number of aryl methyl sites for hydroxylation is 2. The van der Waals surface area contributed by atoms with Gasteiger partial charge in [0.1, 0.15) is 0 Å². The lowest BCUT2D eigenvalue weighted by Crippen LogP contribution is -1.98. The zero-order chi connectivity index (χ0) is 12.5. The maximum Gasteiger partial charge on any atom is 0.0513 e. The summed E-state index contributed by atoms with van der Waals surface area (Å²) in [5.41, 5.74) is 5.34. The van der Waals surface area contributed by atoms with Crippen molar-refractivity contribution in [2.75, 3.05) is 0 Å². The number of rotatable bonds is 2. The van der Waals surface area contributed by atoms with Crippen LogP contribution in [0.5, 0.6) is 0 Å². The maximum atomic E-state index is 2.33. The highest BCUT2D eigenvalue weighted by molar-refractivity contribution is 5.83. The highest BCUT2D eigenvalue weighted by Gasteiger charge is 2.03. The van der Waals surface area contributed by atoms with Crippen molar-refractivity contribution in [2.24, 2.45) is 0 Å². The van der Waals surface area contributed by atoms with Gasteiger partial charge in [-0.15, -0.1) is 0 Å². The average molecular weight is 235 g/mol. The second-order valence-corrected chi connectivity index (χ2v) is 4.94. The van der Waals surface area contributed by atoms with Crippen LogP contribution >= 0.6 is 0 Å². The minimum absolute atomic E-state index is 0.939. The summed E-state index contributed by atoms with van der Waals surface area (Å²) >= 11 is 0. The molecule has 1 heterocycles. The first kappa shape index (κ1) is 11.1. The molecule has 0 saturated heterocycles. The third-order valence-corrected chi connectivity index (χ3v) is 3.46. The molecule has 0 spiro atoms. The van der Waals surface area contributed by atoms with Gasteiger partial charge >= 0.3 is 0 Å². The van der Waals surface area contributed by atoms with Crippen molar-refractivity contribution >= 4 is 10.9 Å². The summed E-state index contributed by atoms with van der Waals surface area (Å²) in [7, 11) is 0. The molecule has 0 amide bonds. The van der Waals surface area contributed by atoms with E-state index in [-0.39, 0.29) is 0 Å². The Labute approximate surface area is 108 Å². The molecule has 1 nitrogen and oxygen atoms in total. The largest absolute Gasteiger partial charge is 0.343 e. The van der Waals surface area contributed by atoms with Crippen LogP contribution < -0.4 is 0 Å². The summed E-state index contributed by atoms with van der Waals surface area (Å²) in [6.07, 6.45) is 2.18. The Morgan fingerprint density at radius 3 is 2.44 bits per heavy atom. The van der Waals surface area contributed by atoms with Gasteiger partial charge in [-0.05, 0) is 36.4 Å². The SMILES string of the molecule is Cc1ccc(Cn2ccc3cccc(C)c32)cc1. The fraction of sp³-hybridized carbons (Fsp3) is 0.176. The molecule has 0 radical (unpaired) electrons. The van der Waals surface area contributed by atoms with Gasteiger partial charge in [0, 0.05) is 12.7 Å². The van der Waals surface area contributed by atoms with Crippen molar-refractivity contribution in [1.82, 2.24) is 4.57 Å². The number of benzene rings is 2. The van der Waals surface area contributed by atoms with E-state index in [1.165, 1.54) is 27.6 Å². The average Bonchev–Trinajstić information content (AvgIpc) is 2.77. The van der Waals surface area contributed by atoms with Crippen molar-refractivity contribution < 1.29 is 0 Å². The molecule has 0 saturated carbocycles. The summed E-state index contributed by atoms with van der Waals surface area (Å²) in [5.74, 6) is 0. The van der Waals surface area contributed by atoms with E-state index in [0.29, 0.717) is 0 Å². The Morgan fingerprint density at radius 1 is 0.889 bits per heavy atom. The van der Waals surface area contributed by atoms with E-state index in [1.807, 2.05) is 0 Å². The van der Waals surface area contributed by atoms with Crippen LogP contribution in [-0.2, 0) is 6.54 Å². The van der Waals surface area contributed by atoms with Gasteiger partial charge in [-0.3, -0.25) is 0 Å². The van der Waals surface area contributed by atoms with E-state index in [4.69, 9.17) is 0 Å². The number of fused-ring (bicyclic) bond motifs is 1. The van der Waals surface area contributed by atoms with Crippen molar-refractivity contribution in [3.05, 3.63) is 71.4 Å². The molecule has 0 aliphatic heterocycles. The monoisotopic (exact) mass is 235 g/mol. The van der Waals surface area contributed by atoms with Crippen molar-refractivity contribution in [3.63, 3.8) is 0 Å². The second-order valence-electron chi connectivity index (χ2n) is 4.94. The molecular formula is C17H17N. The van der Waals surface area contributed by atoms with Crippen LogP contribution in [0.1, 0.15) is 16.7 Å².